The zero-order valence-corrected chi connectivity index (χ0v) is 15.9. The smallest absolute Gasteiger partial charge is 0.407 e. The normalized spacial score (nSPS) is 11.5. The van der Waals surface area contributed by atoms with Gasteiger partial charge in [0.15, 0.2) is 0 Å². The quantitative estimate of drug-likeness (QED) is 0.778. The lowest BCUT2D eigenvalue weighted by atomic mass is 10.2. The molecule has 0 saturated carbocycles. The molecule has 0 radical (unpaired) electrons. The van der Waals surface area contributed by atoms with E-state index in [-0.39, 0.29) is 18.8 Å². The number of alkyl carbamates (subject to hydrolysis) is 1. The summed E-state index contributed by atoms with van der Waals surface area (Å²) in [6.07, 6.45) is -0.544. The summed E-state index contributed by atoms with van der Waals surface area (Å²) in [5.41, 5.74) is 0.248. The van der Waals surface area contributed by atoms with E-state index in [1.165, 1.54) is 0 Å². The maximum Gasteiger partial charge on any atom is 0.407 e. The number of carboxylic acid groups (broad SMARTS) is 1. The summed E-state index contributed by atoms with van der Waals surface area (Å²) in [6, 6.07) is 4.96. The van der Waals surface area contributed by atoms with Gasteiger partial charge in [0.25, 0.3) is 0 Å². The maximum atomic E-state index is 11.7. The second-order valence-corrected chi connectivity index (χ2v) is 7.53. The highest BCUT2D eigenvalue weighted by atomic mass is 79.9. The fourth-order valence-electron chi connectivity index (χ4n) is 2.32. The van der Waals surface area contributed by atoms with Crippen molar-refractivity contribution in [3.8, 4) is 0 Å². The number of nitrogens with one attached hydrogen (secondary N) is 1. The van der Waals surface area contributed by atoms with Gasteiger partial charge in [-0.05, 0) is 54.9 Å². The van der Waals surface area contributed by atoms with Crippen molar-refractivity contribution >= 4 is 50.5 Å². The molecule has 1 heterocycles. The molecule has 1 aromatic carbocycles. The van der Waals surface area contributed by atoms with Gasteiger partial charge in [-0.2, -0.15) is 0 Å². The minimum atomic E-state index is -1.05. The number of aromatic carboxylic acids is 1. The molecule has 2 aromatic rings. The van der Waals surface area contributed by atoms with E-state index in [1.54, 1.807) is 43.5 Å². The van der Waals surface area contributed by atoms with Crippen LogP contribution in [0.3, 0.4) is 0 Å². The Labute approximate surface area is 152 Å². The summed E-state index contributed by atoms with van der Waals surface area (Å²) in [5.74, 6) is -1.05. The molecule has 0 unspecified atom stereocenters. The first kappa shape index (κ1) is 18.6. The van der Waals surface area contributed by atoms with Crippen LogP contribution in [0.4, 0.5) is 4.79 Å². The minimum Gasteiger partial charge on any atom is -0.477 e. The van der Waals surface area contributed by atoms with Gasteiger partial charge < -0.3 is 19.7 Å². The molecular formula is C16H18BrClN2O4. The van der Waals surface area contributed by atoms with Crippen LogP contribution in [-0.4, -0.2) is 33.9 Å². The Morgan fingerprint density at radius 1 is 1.33 bits per heavy atom. The minimum absolute atomic E-state index is 0.124. The topological polar surface area (TPSA) is 80.6 Å². The van der Waals surface area contributed by atoms with Crippen LogP contribution in [0.1, 0.15) is 31.3 Å². The van der Waals surface area contributed by atoms with Gasteiger partial charge in [-0.1, -0.05) is 11.6 Å². The Morgan fingerprint density at radius 3 is 2.58 bits per heavy atom. The van der Waals surface area contributed by atoms with E-state index >= 15 is 0 Å². The first-order valence-corrected chi connectivity index (χ1v) is 8.44. The Kier molecular flexibility index (Phi) is 5.45. The molecule has 1 amide bonds. The number of nitrogens with zero attached hydrogens (tertiary/aromatic N) is 1. The third kappa shape index (κ3) is 4.42. The molecule has 0 bridgehead atoms. The molecule has 0 aliphatic heterocycles. The molecule has 0 fully saturated rings. The maximum absolute atomic E-state index is 11.7. The molecule has 1 aromatic heterocycles. The largest absolute Gasteiger partial charge is 0.477 e. The number of rotatable bonds is 4. The van der Waals surface area contributed by atoms with Crippen molar-refractivity contribution in [3.63, 3.8) is 0 Å². The summed E-state index contributed by atoms with van der Waals surface area (Å²) in [5, 5.41) is 13.3. The van der Waals surface area contributed by atoms with Gasteiger partial charge in [0.2, 0.25) is 0 Å². The van der Waals surface area contributed by atoms with Gasteiger partial charge in [-0.3, -0.25) is 0 Å². The van der Waals surface area contributed by atoms with Crippen molar-refractivity contribution in [1.29, 1.82) is 0 Å². The number of benzene rings is 1. The van der Waals surface area contributed by atoms with Gasteiger partial charge >= 0.3 is 12.1 Å². The fraction of sp³-hybridized carbons (Fsp3) is 0.375. The summed E-state index contributed by atoms with van der Waals surface area (Å²) in [6.45, 7) is 5.83. The van der Waals surface area contributed by atoms with Gasteiger partial charge in [0.1, 0.15) is 11.3 Å². The number of fused-ring (bicyclic) bond motifs is 1. The second kappa shape index (κ2) is 7.03. The van der Waals surface area contributed by atoms with Crippen LogP contribution < -0.4 is 5.32 Å². The first-order valence-electron chi connectivity index (χ1n) is 7.27. The van der Waals surface area contributed by atoms with E-state index in [9.17, 15) is 14.7 Å². The van der Waals surface area contributed by atoms with Crippen molar-refractivity contribution < 1.29 is 19.4 Å². The van der Waals surface area contributed by atoms with Crippen LogP contribution >= 0.6 is 27.5 Å². The molecule has 2 N–H and O–H groups in total. The summed E-state index contributed by atoms with van der Waals surface area (Å²) in [7, 11) is 0. The molecule has 24 heavy (non-hydrogen) atoms. The Balaban J connectivity index is 2.23. The fourth-order valence-corrected chi connectivity index (χ4v) is 3.37. The van der Waals surface area contributed by atoms with Crippen LogP contribution in [0, 0.1) is 0 Å². The SMILES string of the molecule is CC(C)(C)OC(=O)NCCn1c(C(=O)O)cc2cc(Cl)cc(Br)c21. The summed E-state index contributed by atoms with van der Waals surface area (Å²) in [4.78, 5) is 23.2. The van der Waals surface area contributed by atoms with E-state index in [2.05, 4.69) is 21.2 Å². The van der Waals surface area contributed by atoms with E-state index in [0.717, 1.165) is 0 Å². The number of hydrogen-bond acceptors (Lipinski definition) is 3. The predicted molar refractivity (Wildman–Crippen MR) is 95.8 cm³/mol. The third-order valence-corrected chi connectivity index (χ3v) is 3.96. The molecule has 0 spiro atoms. The molecular weight excluding hydrogens is 400 g/mol. The molecule has 8 heteroatoms. The highest BCUT2D eigenvalue weighted by molar-refractivity contribution is 9.10. The average Bonchev–Trinajstić information content (AvgIpc) is 2.75. The van der Waals surface area contributed by atoms with Crippen molar-refractivity contribution in [2.75, 3.05) is 6.54 Å². The molecule has 0 aliphatic rings. The monoisotopic (exact) mass is 416 g/mol. The first-order chi connectivity index (χ1) is 11.1. The van der Waals surface area contributed by atoms with Crippen LogP contribution in [0.5, 0.6) is 0 Å². The number of carbonyl (C=O) groups excluding carboxylic acids is 1. The van der Waals surface area contributed by atoms with Gasteiger partial charge in [-0.25, -0.2) is 9.59 Å². The van der Waals surface area contributed by atoms with Crippen LogP contribution in [0.15, 0.2) is 22.7 Å². The predicted octanol–water partition coefficient (Wildman–Crippen LogP) is 4.28. The van der Waals surface area contributed by atoms with Crippen LogP contribution in [-0.2, 0) is 11.3 Å². The molecule has 0 saturated heterocycles. The Morgan fingerprint density at radius 2 is 2.00 bits per heavy atom. The molecule has 130 valence electrons. The lowest BCUT2D eigenvalue weighted by molar-refractivity contribution is 0.0526. The van der Waals surface area contributed by atoms with E-state index in [4.69, 9.17) is 16.3 Å². The van der Waals surface area contributed by atoms with Crippen molar-refractivity contribution in [3.05, 3.63) is 33.4 Å². The number of amides is 1. The van der Waals surface area contributed by atoms with Gasteiger partial charge in [0, 0.05) is 28.0 Å². The van der Waals surface area contributed by atoms with Crippen molar-refractivity contribution in [2.24, 2.45) is 0 Å². The number of ether oxygens (including phenoxy) is 1. The molecule has 0 atom stereocenters. The second-order valence-electron chi connectivity index (χ2n) is 6.24. The van der Waals surface area contributed by atoms with Crippen molar-refractivity contribution in [1.82, 2.24) is 9.88 Å². The number of hydrogen-bond donors (Lipinski definition) is 2. The number of halogens is 2. The third-order valence-electron chi connectivity index (χ3n) is 3.13. The summed E-state index contributed by atoms with van der Waals surface area (Å²) >= 11 is 9.42. The van der Waals surface area contributed by atoms with E-state index in [1.807, 2.05) is 0 Å². The Bertz CT molecular complexity index is 795. The lowest BCUT2D eigenvalue weighted by Crippen LogP contribution is -2.34. The van der Waals surface area contributed by atoms with E-state index < -0.39 is 17.7 Å². The molecule has 6 nitrogen and oxygen atoms in total. The lowest BCUT2D eigenvalue weighted by Gasteiger charge is -2.20. The van der Waals surface area contributed by atoms with E-state index in [0.29, 0.717) is 20.4 Å². The van der Waals surface area contributed by atoms with Crippen LogP contribution in [0.2, 0.25) is 5.02 Å². The Hall–Kier alpha value is -1.73. The number of carboxylic acids is 1. The number of aromatic nitrogens is 1. The zero-order valence-electron chi connectivity index (χ0n) is 13.5. The van der Waals surface area contributed by atoms with Gasteiger partial charge in [-0.15, -0.1) is 0 Å². The highest BCUT2D eigenvalue weighted by Gasteiger charge is 2.19. The van der Waals surface area contributed by atoms with Crippen LogP contribution in [0.25, 0.3) is 10.9 Å². The number of carbonyl (C=O) groups is 2. The molecule has 0 aliphatic carbocycles. The zero-order chi connectivity index (χ0) is 18.1. The van der Waals surface area contributed by atoms with Crippen molar-refractivity contribution in [2.45, 2.75) is 32.9 Å². The highest BCUT2D eigenvalue weighted by Crippen LogP contribution is 2.31. The standard InChI is InChI=1S/C16H18BrClN2O4/c1-16(2,3)24-15(23)19-4-5-20-12(14(21)22)7-9-6-10(18)8-11(17)13(9)20/h6-8H,4-5H2,1-3H3,(H,19,23)(H,21,22). The summed E-state index contributed by atoms with van der Waals surface area (Å²) < 4.78 is 7.47. The van der Waals surface area contributed by atoms with Gasteiger partial charge in [0.05, 0.1) is 5.52 Å². The average molecular weight is 418 g/mol. The molecule has 2 rings (SSSR count).